The summed E-state index contributed by atoms with van der Waals surface area (Å²) >= 11 is 1.90. The molecule has 26 heavy (non-hydrogen) atoms. The van der Waals surface area contributed by atoms with E-state index < -0.39 is 0 Å². The number of benzene rings is 2. The van der Waals surface area contributed by atoms with Crippen LogP contribution in [-0.4, -0.2) is 39.0 Å². The van der Waals surface area contributed by atoms with Gasteiger partial charge in [0.25, 0.3) is 0 Å². The van der Waals surface area contributed by atoms with Crippen molar-refractivity contribution in [3.63, 3.8) is 0 Å². The smallest absolute Gasteiger partial charge is 0.224 e. The molecule has 0 bridgehead atoms. The largest absolute Gasteiger partial charge is 0.497 e. The van der Waals surface area contributed by atoms with E-state index >= 15 is 0 Å². The van der Waals surface area contributed by atoms with Crippen molar-refractivity contribution in [2.45, 2.75) is 17.7 Å². The van der Waals surface area contributed by atoms with Gasteiger partial charge in [-0.15, -0.1) is 11.8 Å². The van der Waals surface area contributed by atoms with Gasteiger partial charge in [0, 0.05) is 54.0 Å². The number of carbonyl (C=O) groups excluding carboxylic acids is 1. The first-order valence-electron chi connectivity index (χ1n) is 8.69. The Morgan fingerprint density at radius 3 is 2.62 bits per heavy atom. The maximum atomic E-state index is 12.3. The van der Waals surface area contributed by atoms with Crippen molar-refractivity contribution in [2.75, 3.05) is 43.3 Å². The Morgan fingerprint density at radius 1 is 1.15 bits per heavy atom. The molecule has 2 aromatic rings. The van der Waals surface area contributed by atoms with E-state index in [1.54, 1.807) is 32.4 Å². The number of methoxy groups -OCH3 is 2. The van der Waals surface area contributed by atoms with E-state index in [9.17, 15) is 4.79 Å². The Morgan fingerprint density at radius 2 is 1.88 bits per heavy atom. The average molecular weight is 372 g/mol. The zero-order valence-corrected chi connectivity index (χ0v) is 16.0. The Balaban J connectivity index is 1.52. The highest BCUT2D eigenvalue weighted by Gasteiger charge is 2.16. The van der Waals surface area contributed by atoms with E-state index in [1.807, 2.05) is 11.8 Å². The van der Waals surface area contributed by atoms with Gasteiger partial charge in [-0.1, -0.05) is 12.1 Å². The third kappa shape index (κ3) is 4.64. The van der Waals surface area contributed by atoms with Crippen LogP contribution in [0, 0.1) is 0 Å². The lowest BCUT2D eigenvalue weighted by molar-refractivity contribution is -0.116. The van der Waals surface area contributed by atoms with Crippen molar-refractivity contribution in [1.82, 2.24) is 0 Å². The zero-order valence-electron chi connectivity index (χ0n) is 15.2. The molecule has 0 saturated carbocycles. The fourth-order valence-corrected chi connectivity index (χ4v) is 4.04. The van der Waals surface area contributed by atoms with Gasteiger partial charge in [0.2, 0.25) is 5.91 Å². The van der Waals surface area contributed by atoms with Crippen molar-refractivity contribution in [2.24, 2.45) is 0 Å². The standard InChI is InChI=1S/C20H24N2O3S/c1-24-16-12-15(13-17(14-16)25-2)21-20(23)8-5-9-22-10-11-26-19-7-4-3-6-18(19)22/h3-4,6-7,12-14H,5,8-11H2,1-2H3,(H,21,23). The number of fused-ring (bicyclic) bond motifs is 1. The van der Waals surface area contributed by atoms with E-state index in [0.717, 1.165) is 25.3 Å². The predicted octanol–water partition coefficient (Wildman–Crippen LogP) is 4.03. The number of ether oxygens (including phenoxy) is 2. The van der Waals surface area contributed by atoms with E-state index in [1.165, 1.54) is 10.6 Å². The average Bonchev–Trinajstić information content (AvgIpc) is 2.67. The van der Waals surface area contributed by atoms with Crippen LogP contribution in [0.5, 0.6) is 11.5 Å². The van der Waals surface area contributed by atoms with Crippen LogP contribution in [0.2, 0.25) is 0 Å². The number of anilines is 2. The number of rotatable bonds is 7. The highest BCUT2D eigenvalue weighted by molar-refractivity contribution is 7.99. The summed E-state index contributed by atoms with van der Waals surface area (Å²) in [6.07, 6.45) is 1.29. The number of amides is 1. The van der Waals surface area contributed by atoms with Crippen LogP contribution in [0.15, 0.2) is 47.4 Å². The Bertz CT molecular complexity index is 744. The molecule has 138 valence electrons. The predicted molar refractivity (Wildman–Crippen MR) is 107 cm³/mol. The van der Waals surface area contributed by atoms with E-state index in [0.29, 0.717) is 23.6 Å². The van der Waals surface area contributed by atoms with Crippen molar-refractivity contribution in [1.29, 1.82) is 0 Å². The molecule has 1 aliphatic heterocycles. The number of nitrogens with one attached hydrogen (secondary N) is 1. The molecular weight excluding hydrogens is 348 g/mol. The molecule has 0 saturated heterocycles. The molecule has 0 atom stereocenters. The second-order valence-corrected chi connectivity index (χ2v) is 7.19. The molecule has 0 spiro atoms. The summed E-state index contributed by atoms with van der Waals surface area (Å²) in [5.74, 6) is 2.40. The first kappa shape index (κ1) is 18.5. The maximum absolute atomic E-state index is 12.3. The molecule has 0 aliphatic carbocycles. The molecule has 6 heteroatoms. The van der Waals surface area contributed by atoms with E-state index in [4.69, 9.17) is 9.47 Å². The highest BCUT2D eigenvalue weighted by atomic mass is 32.2. The molecule has 0 fully saturated rings. The summed E-state index contributed by atoms with van der Waals surface area (Å²) in [5, 5.41) is 2.93. The minimum absolute atomic E-state index is 0.0000225. The number of nitrogens with zero attached hydrogens (tertiary/aromatic N) is 1. The summed E-state index contributed by atoms with van der Waals surface area (Å²) in [6, 6.07) is 13.8. The van der Waals surface area contributed by atoms with Gasteiger partial charge in [-0.2, -0.15) is 0 Å². The molecule has 3 rings (SSSR count). The lowest BCUT2D eigenvalue weighted by Crippen LogP contribution is -2.30. The maximum Gasteiger partial charge on any atom is 0.224 e. The van der Waals surface area contributed by atoms with Gasteiger partial charge in [-0.25, -0.2) is 0 Å². The van der Waals surface area contributed by atoms with Crippen LogP contribution >= 0.6 is 11.8 Å². The number of hydrogen-bond acceptors (Lipinski definition) is 5. The van der Waals surface area contributed by atoms with Crippen LogP contribution in [0.3, 0.4) is 0 Å². The molecule has 1 amide bonds. The molecule has 1 aliphatic rings. The Kier molecular flexibility index (Phi) is 6.28. The normalized spacial score (nSPS) is 13.1. The monoisotopic (exact) mass is 372 g/mol. The van der Waals surface area contributed by atoms with Crippen molar-refractivity contribution >= 4 is 29.0 Å². The summed E-state index contributed by atoms with van der Waals surface area (Å²) in [5.41, 5.74) is 1.97. The van der Waals surface area contributed by atoms with Gasteiger partial charge in [0.1, 0.15) is 11.5 Å². The van der Waals surface area contributed by atoms with Crippen LogP contribution in [-0.2, 0) is 4.79 Å². The number of hydrogen-bond donors (Lipinski definition) is 1. The Labute approximate surface area is 158 Å². The van der Waals surface area contributed by atoms with Gasteiger partial charge >= 0.3 is 0 Å². The summed E-state index contributed by atoms with van der Waals surface area (Å²) < 4.78 is 10.5. The topological polar surface area (TPSA) is 50.8 Å². The molecular formula is C20H24N2O3S. The highest BCUT2D eigenvalue weighted by Crippen LogP contribution is 2.34. The third-order valence-corrected chi connectivity index (χ3v) is 5.33. The number of para-hydroxylation sites is 1. The van der Waals surface area contributed by atoms with Gasteiger partial charge in [0.15, 0.2) is 0 Å². The quantitative estimate of drug-likeness (QED) is 0.795. The molecule has 0 radical (unpaired) electrons. The summed E-state index contributed by atoms with van der Waals surface area (Å²) in [4.78, 5) is 16.0. The van der Waals surface area contributed by atoms with Crippen molar-refractivity contribution < 1.29 is 14.3 Å². The lowest BCUT2D eigenvalue weighted by atomic mass is 10.2. The zero-order chi connectivity index (χ0) is 18.4. The van der Waals surface area contributed by atoms with Crippen LogP contribution in [0.1, 0.15) is 12.8 Å². The lowest BCUT2D eigenvalue weighted by Gasteiger charge is -2.30. The van der Waals surface area contributed by atoms with Crippen LogP contribution < -0.4 is 19.7 Å². The molecule has 0 aromatic heterocycles. The fraction of sp³-hybridized carbons (Fsp3) is 0.350. The minimum Gasteiger partial charge on any atom is -0.497 e. The van der Waals surface area contributed by atoms with Crippen molar-refractivity contribution in [3.05, 3.63) is 42.5 Å². The third-order valence-electron chi connectivity index (χ3n) is 4.29. The Hall–Kier alpha value is -2.34. The van der Waals surface area contributed by atoms with Gasteiger partial charge < -0.3 is 19.7 Å². The second kappa shape index (κ2) is 8.85. The van der Waals surface area contributed by atoms with Crippen LogP contribution in [0.25, 0.3) is 0 Å². The van der Waals surface area contributed by atoms with E-state index in [-0.39, 0.29) is 5.91 Å². The van der Waals surface area contributed by atoms with Crippen LogP contribution in [0.4, 0.5) is 11.4 Å². The first-order chi connectivity index (χ1) is 12.7. The van der Waals surface area contributed by atoms with Gasteiger partial charge in [-0.3, -0.25) is 4.79 Å². The van der Waals surface area contributed by atoms with Gasteiger partial charge in [0.05, 0.1) is 19.9 Å². The molecule has 1 N–H and O–H groups in total. The molecule has 0 unspecified atom stereocenters. The number of carbonyl (C=O) groups is 1. The minimum atomic E-state index is -0.0000225. The summed E-state index contributed by atoms with van der Waals surface area (Å²) in [6.45, 7) is 1.91. The molecule has 2 aromatic carbocycles. The van der Waals surface area contributed by atoms with Gasteiger partial charge in [-0.05, 0) is 18.6 Å². The summed E-state index contributed by atoms with van der Waals surface area (Å²) in [7, 11) is 3.18. The second-order valence-electron chi connectivity index (χ2n) is 6.06. The van der Waals surface area contributed by atoms with Crippen molar-refractivity contribution in [3.8, 4) is 11.5 Å². The first-order valence-corrected chi connectivity index (χ1v) is 9.68. The molecule has 5 nitrogen and oxygen atoms in total. The number of thioether (sulfide) groups is 1. The van der Waals surface area contributed by atoms with E-state index in [2.05, 4.69) is 34.5 Å². The SMILES string of the molecule is COc1cc(NC(=O)CCCN2CCSc3ccccc32)cc(OC)c1. The fourth-order valence-electron chi connectivity index (χ4n) is 2.99. The molecule has 1 heterocycles.